The van der Waals surface area contributed by atoms with Crippen LogP contribution in [-0.4, -0.2) is 80.3 Å². The Kier molecular flexibility index (Phi) is 8.89. The molecule has 0 unspecified atom stereocenters. The molecule has 2 saturated heterocycles. The lowest BCUT2D eigenvalue weighted by Crippen LogP contribution is -2.46. The standard InChI is InChI=1S/C31H44N2O5/c1-30(2,32-15-7-8-16-32)21-37-25-13-11-23(19-27(25)35-5)29(34)24-12-14-26(28(20-24)36-6)38-22-31(3,4)33-17-9-10-18-33/h11-14,19-20H,7-10,15-18,21-22H2,1-6H3. The third-order valence-corrected chi connectivity index (χ3v) is 7.94. The maximum absolute atomic E-state index is 13.4. The van der Waals surface area contributed by atoms with Crippen LogP contribution in [0.1, 0.15) is 69.3 Å². The minimum atomic E-state index is -0.116. The average molecular weight is 525 g/mol. The number of carbonyl (C=O) groups is 1. The molecule has 2 aliphatic heterocycles. The normalized spacial score (nSPS) is 17.0. The number of ketones is 1. The van der Waals surface area contributed by atoms with Crippen molar-refractivity contribution in [3.8, 4) is 23.0 Å². The molecule has 4 rings (SSSR count). The first-order valence-electron chi connectivity index (χ1n) is 13.8. The topological polar surface area (TPSA) is 60.5 Å². The second kappa shape index (κ2) is 12.0. The van der Waals surface area contributed by atoms with Gasteiger partial charge in [-0.25, -0.2) is 0 Å². The number of likely N-dealkylation sites (tertiary alicyclic amines) is 2. The van der Waals surface area contributed by atoms with Crippen LogP contribution in [-0.2, 0) is 0 Å². The second-order valence-corrected chi connectivity index (χ2v) is 11.7. The predicted octanol–water partition coefficient (Wildman–Crippen LogP) is 5.44. The molecule has 2 fully saturated rings. The van der Waals surface area contributed by atoms with Crippen LogP contribution in [0.5, 0.6) is 23.0 Å². The summed E-state index contributed by atoms with van der Waals surface area (Å²) in [6.45, 7) is 14.3. The average Bonchev–Trinajstić information content (AvgIpc) is 3.66. The van der Waals surface area contributed by atoms with Crippen molar-refractivity contribution in [1.29, 1.82) is 0 Å². The van der Waals surface area contributed by atoms with Crippen molar-refractivity contribution in [2.45, 2.75) is 64.5 Å². The fraction of sp³-hybridized carbons (Fsp3) is 0.581. The molecular formula is C31H44N2O5. The Balaban J connectivity index is 1.44. The van der Waals surface area contributed by atoms with Gasteiger partial charge in [0.25, 0.3) is 0 Å². The molecule has 7 heteroatoms. The lowest BCUT2D eigenvalue weighted by Gasteiger charge is -2.35. The Bertz CT molecular complexity index is 1020. The largest absolute Gasteiger partial charge is 0.493 e. The number of nitrogens with zero attached hydrogens (tertiary/aromatic N) is 2. The minimum absolute atomic E-state index is 0.0694. The van der Waals surface area contributed by atoms with Crippen LogP contribution < -0.4 is 18.9 Å². The van der Waals surface area contributed by atoms with Crippen LogP contribution in [0.15, 0.2) is 36.4 Å². The van der Waals surface area contributed by atoms with Gasteiger partial charge < -0.3 is 18.9 Å². The summed E-state index contributed by atoms with van der Waals surface area (Å²) < 4.78 is 23.5. The summed E-state index contributed by atoms with van der Waals surface area (Å²) in [5.41, 5.74) is 0.915. The van der Waals surface area contributed by atoms with Crippen molar-refractivity contribution in [2.75, 3.05) is 53.6 Å². The molecule has 2 heterocycles. The van der Waals surface area contributed by atoms with Gasteiger partial charge >= 0.3 is 0 Å². The summed E-state index contributed by atoms with van der Waals surface area (Å²) in [6.07, 6.45) is 4.94. The van der Waals surface area contributed by atoms with E-state index in [4.69, 9.17) is 18.9 Å². The van der Waals surface area contributed by atoms with Crippen LogP contribution in [0.2, 0.25) is 0 Å². The van der Waals surface area contributed by atoms with Gasteiger partial charge in [-0.1, -0.05) is 0 Å². The molecule has 0 N–H and O–H groups in total. The first-order chi connectivity index (χ1) is 18.1. The van der Waals surface area contributed by atoms with Gasteiger partial charge in [-0.15, -0.1) is 0 Å². The van der Waals surface area contributed by atoms with Crippen molar-refractivity contribution < 1.29 is 23.7 Å². The number of ether oxygens (including phenoxy) is 4. The van der Waals surface area contributed by atoms with E-state index in [0.29, 0.717) is 47.3 Å². The van der Waals surface area contributed by atoms with Gasteiger partial charge in [0.2, 0.25) is 0 Å². The molecule has 0 radical (unpaired) electrons. The molecule has 0 aliphatic carbocycles. The molecule has 2 aliphatic rings. The molecule has 7 nitrogen and oxygen atoms in total. The minimum Gasteiger partial charge on any atom is -0.493 e. The second-order valence-electron chi connectivity index (χ2n) is 11.7. The number of hydrogen-bond acceptors (Lipinski definition) is 7. The number of hydrogen-bond donors (Lipinski definition) is 0. The van der Waals surface area contributed by atoms with Crippen LogP contribution >= 0.6 is 0 Å². The van der Waals surface area contributed by atoms with E-state index in [0.717, 1.165) is 26.2 Å². The van der Waals surface area contributed by atoms with Crippen molar-refractivity contribution >= 4 is 5.78 Å². The highest BCUT2D eigenvalue weighted by Crippen LogP contribution is 2.34. The zero-order valence-electron chi connectivity index (χ0n) is 24.0. The lowest BCUT2D eigenvalue weighted by molar-refractivity contribution is 0.0877. The summed E-state index contributed by atoms with van der Waals surface area (Å²) in [4.78, 5) is 18.3. The van der Waals surface area contributed by atoms with Crippen LogP contribution in [0.3, 0.4) is 0 Å². The molecule has 2 aromatic rings. The van der Waals surface area contributed by atoms with E-state index in [1.807, 2.05) is 12.1 Å². The number of methoxy groups -OCH3 is 2. The van der Waals surface area contributed by atoms with Gasteiger partial charge in [0, 0.05) is 22.2 Å². The van der Waals surface area contributed by atoms with Crippen molar-refractivity contribution in [2.24, 2.45) is 0 Å². The maximum atomic E-state index is 13.4. The van der Waals surface area contributed by atoms with Gasteiger partial charge in [-0.3, -0.25) is 14.6 Å². The molecule has 0 bridgehead atoms. The van der Waals surface area contributed by atoms with Crippen LogP contribution in [0, 0.1) is 0 Å². The van der Waals surface area contributed by atoms with Gasteiger partial charge in [0.15, 0.2) is 28.8 Å². The zero-order chi connectivity index (χ0) is 27.3. The smallest absolute Gasteiger partial charge is 0.193 e. The zero-order valence-corrected chi connectivity index (χ0v) is 24.0. The molecule has 208 valence electrons. The molecule has 0 saturated carbocycles. The van der Waals surface area contributed by atoms with Crippen molar-refractivity contribution in [3.05, 3.63) is 47.5 Å². The SMILES string of the molecule is COc1cc(C(=O)c2ccc(OCC(C)(C)N3CCCC3)c(OC)c2)ccc1OCC(C)(C)N1CCCC1. The molecule has 0 amide bonds. The Hall–Kier alpha value is -2.77. The number of benzene rings is 2. The third-order valence-electron chi connectivity index (χ3n) is 7.94. The summed E-state index contributed by atoms with van der Waals surface area (Å²) in [5.74, 6) is 2.25. The molecular weight excluding hydrogens is 480 g/mol. The fourth-order valence-corrected chi connectivity index (χ4v) is 5.36. The van der Waals surface area contributed by atoms with E-state index < -0.39 is 0 Å². The summed E-state index contributed by atoms with van der Waals surface area (Å²) >= 11 is 0. The van der Waals surface area contributed by atoms with Gasteiger partial charge in [-0.05, 0) is 116 Å². The fourth-order valence-electron chi connectivity index (χ4n) is 5.36. The quantitative estimate of drug-likeness (QED) is 0.343. The first-order valence-corrected chi connectivity index (χ1v) is 13.8. The Labute approximate surface area is 228 Å². The van der Waals surface area contributed by atoms with Gasteiger partial charge in [-0.2, -0.15) is 0 Å². The van der Waals surface area contributed by atoms with Crippen LogP contribution in [0.4, 0.5) is 0 Å². The van der Waals surface area contributed by atoms with Gasteiger partial charge in [0.1, 0.15) is 13.2 Å². The van der Waals surface area contributed by atoms with Crippen LogP contribution in [0.25, 0.3) is 0 Å². The Morgan fingerprint density at radius 2 is 1.03 bits per heavy atom. The third kappa shape index (κ3) is 6.44. The highest BCUT2D eigenvalue weighted by Gasteiger charge is 2.31. The number of rotatable bonds is 12. The number of carbonyl (C=O) groups excluding carboxylic acids is 1. The van der Waals surface area contributed by atoms with E-state index in [9.17, 15) is 4.79 Å². The molecule has 0 atom stereocenters. The Morgan fingerprint density at radius 3 is 1.37 bits per heavy atom. The van der Waals surface area contributed by atoms with E-state index in [1.165, 1.54) is 25.7 Å². The molecule has 2 aromatic carbocycles. The maximum Gasteiger partial charge on any atom is 0.193 e. The molecule has 38 heavy (non-hydrogen) atoms. The highest BCUT2D eigenvalue weighted by atomic mass is 16.5. The van der Waals surface area contributed by atoms with E-state index in [-0.39, 0.29) is 16.9 Å². The first kappa shape index (κ1) is 28.2. The highest BCUT2D eigenvalue weighted by molar-refractivity contribution is 6.09. The summed E-state index contributed by atoms with van der Waals surface area (Å²) in [7, 11) is 3.20. The summed E-state index contributed by atoms with van der Waals surface area (Å²) in [6, 6.07) is 10.7. The molecule has 0 aromatic heterocycles. The monoisotopic (exact) mass is 524 g/mol. The van der Waals surface area contributed by atoms with Crippen molar-refractivity contribution in [1.82, 2.24) is 9.80 Å². The van der Waals surface area contributed by atoms with Gasteiger partial charge in [0.05, 0.1) is 14.2 Å². The lowest BCUT2D eigenvalue weighted by atomic mass is 10.0. The van der Waals surface area contributed by atoms with E-state index >= 15 is 0 Å². The van der Waals surface area contributed by atoms with Crippen molar-refractivity contribution in [3.63, 3.8) is 0 Å². The Morgan fingerprint density at radius 1 is 0.658 bits per heavy atom. The molecule has 0 spiro atoms. The van der Waals surface area contributed by atoms with E-state index in [2.05, 4.69) is 37.5 Å². The van der Waals surface area contributed by atoms with E-state index in [1.54, 1.807) is 38.5 Å². The summed E-state index contributed by atoms with van der Waals surface area (Å²) in [5, 5.41) is 0. The predicted molar refractivity (Wildman–Crippen MR) is 150 cm³/mol.